The van der Waals surface area contributed by atoms with Gasteiger partial charge >= 0.3 is 5.97 Å². The van der Waals surface area contributed by atoms with Crippen LogP contribution in [-0.2, 0) is 9.59 Å². The van der Waals surface area contributed by atoms with E-state index in [2.05, 4.69) is 5.32 Å². The van der Waals surface area contributed by atoms with E-state index in [9.17, 15) is 14.7 Å². The summed E-state index contributed by atoms with van der Waals surface area (Å²) in [7, 11) is 0. The summed E-state index contributed by atoms with van der Waals surface area (Å²) in [6, 6.07) is 8.93. The first-order valence-electron chi connectivity index (χ1n) is 5.35. The lowest BCUT2D eigenvalue weighted by atomic mass is 9.83. The summed E-state index contributed by atoms with van der Waals surface area (Å²) in [5, 5.41) is 11.8. The Hall–Kier alpha value is -2.56. The average molecular weight is 244 g/mol. The van der Waals surface area contributed by atoms with Gasteiger partial charge in [-0.25, -0.2) is 4.79 Å². The van der Waals surface area contributed by atoms with E-state index in [0.29, 0.717) is 0 Å². The van der Waals surface area contributed by atoms with Crippen LogP contribution in [0.25, 0.3) is 0 Å². The van der Waals surface area contributed by atoms with Crippen molar-refractivity contribution in [2.45, 2.75) is 5.92 Å². The second-order valence-corrected chi connectivity index (χ2v) is 3.88. The maximum atomic E-state index is 11.4. The maximum absolute atomic E-state index is 11.4. The minimum Gasteiger partial charge on any atom is -0.478 e. The quantitative estimate of drug-likeness (QED) is 0.730. The summed E-state index contributed by atoms with van der Waals surface area (Å²) in [6.07, 6.45) is 2.80. The predicted molar refractivity (Wildman–Crippen MR) is 65.3 cm³/mol. The molecule has 92 valence electrons. The van der Waals surface area contributed by atoms with Crippen LogP contribution in [-0.4, -0.2) is 17.0 Å². The summed E-state index contributed by atoms with van der Waals surface area (Å²) in [5.74, 6) is -2.35. The summed E-state index contributed by atoms with van der Waals surface area (Å²) in [4.78, 5) is 22.6. The Kier molecular flexibility index (Phi) is 3.14. The van der Waals surface area contributed by atoms with Crippen molar-refractivity contribution in [3.05, 3.63) is 59.4 Å². The zero-order valence-electron chi connectivity index (χ0n) is 9.46. The minimum atomic E-state index is -1.08. The van der Waals surface area contributed by atoms with E-state index >= 15 is 0 Å². The van der Waals surface area contributed by atoms with Crippen molar-refractivity contribution in [1.82, 2.24) is 5.32 Å². The highest BCUT2D eigenvalue weighted by atomic mass is 16.4. The highest BCUT2D eigenvalue weighted by molar-refractivity contribution is 5.99. The molecule has 5 nitrogen and oxygen atoms in total. The summed E-state index contributed by atoms with van der Waals surface area (Å²) in [6.45, 7) is 0. The lowest BCUT2D eigenvalue weighted by molar-refractivity contribution is -0.132. The fourth-order valence-electron chi connectivity index (χ4n) is 1.96. The number of hydrogen-bond donors (Lipinski definition) is 3. The molecular weight excluding hydrogens is 232 g/mol. The molecule has 0 bridgehead atoms. The molecule has 0 radical (unpaired) electrons. The third kappa shape index (κ3) is 2.10. The van der Waals surface area contributed by atoms with Crippen molar-refractivity contribution in [1.29, 1.82) is 0 Å². The van der Waals surface area contributed by atoms with Gasteiger partial charge in [-0.05, 0) is 5.56 Å². The first-order valence-corrected chi connectivity index (χ1v) is 5.35. The van der Waals surface area contributed by atoms with E-state index in [4.69, 9.17) is 5.73 Å². The fourth-order valence-corrected chi connectivity index (χ4v) is 1.96. The molecule has 0 aromatic heterocycles. The number of rotatable bonds is 3. The van der Waals surface area contributed by atoms with Crippen LogP contribution in [0.3, 0.4) is 0 Å². The predicted octanol–water partition coefficient (Wildman–Crippen LogP) is 0.711. The molecule has 1 aliphatic heterocycles. The Balaban J connectivity index is 2.50. The van der Waals surface area contributed by atoms with Gasteiger partial charge in [0, 0.05) is 23.9 Å². The third-order valence-corrected chi connectivity index (χ3v) is 2.76. The Labute approximate surface area is 104 Å². The van der Waals surface area contributed by atoms with Crippen molar-refractivity contribution in [3.8, 4) is 0 Å². The molecule has 5 heteroatoms. The Bertz CT molecular complexity index is 517. The molecule has 1 aliphatic rings. The number of primary amides is 1. The molecule has 1 atom stereocenters. The van der Waals surface area contributed by atoms with Crippen molar-refractivity contribution in [3.63, 3.8) is 0 Å². The van der Waals surface area contributed by atoms with Gasteiger partial charge in [-0.1, -0.05) is 30.3 Å². The van der Waals surface area contributed by atoms with E-state index < -0.39 is 17.8 Å². The van der Waals surface area contributed by atoms with Gasteiger partial charge in [0.05, 0.1) is 5.57 Å². The minimum absolute atomic E-state index is 0.0949. The number of aliphatic carboxylic acids is 1. The number of carbonyl (C=O) groups excluding carboxylic acids is 1. The topological polar surface area (TPSA) is 92.4 Å². The van der Waals surface area contributed by atoms with Gasteiger partial charge < -0.3 is 16.2 Å². The number of hydrogen-bond acceptors (Lipinski definition) is 3. The van der Waals surface area contributed by atoms with Crippen LogP contribution in [0.2, 0.25) is 0 Å². The normalized spacial score (nSPS) is 18.3. The van der Waals surface area contributed by atoms with Crippen LogP contribution in [0.5, 0.6) is 0 Å². The molecule has 0 saturated heterocycles. The second kappa shape index (κ2) is 4.75. The molecule has 1 aromatic rings. The van der Waals surface area contributed by atoms with Crippen molar-refractivity contribution >= 4 is 11.9 Å². The zero-order chi connectivity index (χ0) is 13.1. The number of nitrogens with one attached hydrogen (secondary N) is 1. The van der Waals surface area contributed by atoms with E-state index in [1.54, 1.807) is 24.3 Å². The van der Waals surface area contributed by atoms with Gasteiger partial charge in [-0.15, -0.1) is 0 Å². The molecule has 4 N–H and O–H groups in total. The van der Waals surface area contributed by atoms with Crippen LogP contribution in [0.1, 0.15) is 11.5 Å². The number of dihydropyridines is 1. The van der Waals surface area contributed by atoms with Crippen LogP contribution in [0.15, 0.2) is 53.9 Å². The first kappa shape index (κ1) is 11.9. The second-order valence-electron chi connectivity index (χ2n) is 3.88. The smallest absolute Gasteiger partial charge is 0.334 e. The van der Waals surface area contributed by atoms with Crippen molar-refractivity contribution < 1.29 is 14.7 Å². The summed E-state index contributed by atoms with van der Waals surface area (Å²) in [5.41, 5.74) is 6.34. The molecule has 1 aromatic carbocycles. The van der Waals surface area contributed by atoms with Gasteiger partial charge in [0.15, 0.2) is 0 Å². The molecule has 0 fully saturated rings. The number of nitrogens with two attached hydrogens (primary N) is 1. The molecule has 1 unspecified atom stereocenters. The molecule has 0 spiro atoms. The third-order valence-electron chi connectivity index (χ3n) is 2.76. The number of carboxylic acids is 1. The van der Waals surface area contributed by atoms with Crippen LogP contribution in [0.4, 0.5) is 0 Å². The largest absolute Gasteiger partial charge is 0.478 e. The highest BCUT2D eigenvalue weighted by Gasteiger charge is 2.30. The van der Waals surface area contributed by atoms with Gasteiger partial charge in [0.2, 0.25) is 5.91 Å². The Morgan fingerprint density at radius 2 is 1.72 bits per heavy atom. The van der Waals surface area contributed by atoms with Crippen molar-refractivity contribution in [2.75, 3.05) is 0 Å². The van der Waals surface area contributed by atoms with Gasteiger partial charge in [-0.2, -0.15) is 0 Å². The monoisotopic (exact) mass is 244 g/mol. The summed E-state index contributed by atoms with van der Waals surface area (Å²) < 4.78 is 0. The molecule has 0 saturated carbocycles. The standard InChI is InChI=1S/C13H12N2O3/c14-12(16)9-6-15-7-10(13(17)18)11(9)8-4-2-1-3-5-8/h1-7,11,15H,(H2,14,16)(H,17,18). The van der Waals surface area contributed by atoms with Gasteiger partial charge in [0.25, 0.3) is 0 Å². The first-order chi connectivity index (χ1) is 8.61. The molecule has 18 heavy (non-hydrogen) atoms. The molecule has 2 rings (SSSR count). The molecule has 0 aliphatic carbocycles. The lowest BCUT2D eigenvalue weighted by Gasteiger charge is -2.23. The Morgan fingerprint density at radius 3 is 2.28 bits per heavy atom. The van der Waals surface area contributed by atoms with Crippen LogP contribution < -0.4 is 11.1 Å². The van der Waals surface area contributed by atoms with Crippen LogP contribution in [0, 0.1) is 0 Å². The number of benzene rings is 1. The molecule has 1 heterocycles. The highest BCUT2D eigenvalue weighted by Crippen LogP contribution is 2.33. The van der Waals surface area contributed by atoms with E-state index in [1.807, 2.05) is 6.07 Å². The van der Waals surface area contributed by atoms with E-state index in [0.717, 1.165) is 5.56 Å². The number of amides is 1. The van der Waals surface area contributed by atoms with Crippen molar-refractivity contribution in [2.24, 2.45) is 5.73 Å². The Morgan fingerprint density at radius 1 is 1.11 bits per heavy atom. The van der Waals surface area contributed by atoms with Gasteiger partial charge in [0.1, 0.15) is 0 Å². The maximum Gasteiger partial charge on any atom is 0.334 e. The van der Waals surface area contributed by atoms with E-state index in [-0.39, 0.29) is 11.1 Å². The average Bonchev–Trinajstić information content (AvgIpc) is 2.38. The SMILES string of the molecule is NC(=O)C1=CNC=C(C(=O)O)C1c1ccccc1. The lowest BCUT2D eigenvalue weighted by Crippen LogP contribution is -2.28. The summed E-state index contributed by atoms with van der Waals surface area (Å²) >= 11 is 0. The number of carboxylic acid groups (broad SMARTS) is 1. The number of carbonyl (C=O) groups is 2. The molecule has 1 amide bonds. The zero-order valence-corrected chi connectivity index (χ0v) is 9.46. The van der Waals surface area contributed by atoms with Gasteiger partial charge in [-0.3, -0.25) is 4.79 Å². The van der Waals surface area contributed by atoms with E-state index in [1.165, 1.54) is 12.4 Å². The molecular formula is C13H12N2O3. The van der Waals surface area contributed by atoms with Crippen LogP contribution >= 0.6 is 0 Å². The fraction of sp³-hybridized carbons (Fsp3) is 0.0769.